The molecule has 0 spiro atoms. The van der Waals surface area contributed by atoms with Gasteiger partial charge in [0, 0.05) is 13.0 Å². The fourth-order valence-corrected chi connectivity index (χ4v) is 2.34. The topological polar surface area (TPSA) is 40.5 Å². The Bertz CT molecular complexity index is 179. The average molecular weight is 216 g/mol. The minimum Gasteiger partial charge on any atom is -0.396 e. The van der Waals surface area contributed by atoms with E-state index in [0.29, 0.717) is 6.42 Å². The Hall–Kier alpha value is -0.0800. The van der Waals surface area contributed by atoms with E-state index in [9.17, 15) is 5.11 Å². The third kappa shape index (κ3) is 2.54. The fourth-order valence-electron chi connectivity index (χ4n) is 2.34. The first-order valence-corrected chi connectivity index (χ1v) is 6.01. The fraction of sp³-hybridized carbons (Fsp3) is 1.00. The lowest BCUT2D eigenvalue weighted by molar-refractivity contribution is -0.163. The molecule has 0 amide bonds. The van der Waals surface area contributed by atoms with Crippen LogP contribution >= 0.6 is 0 Å². The van der Waals surface area contributed by atoms with Gasteiger partial charge in [0.25, 0.3) is 0 Å². The van der Waals surface area contributed by atoms with Crippen LogP contribution in [-0.2, 0) is 0 Å². The molecule has 15 heavy (non-hydrogen) atoms. The monoisotopic (exact) mass is 216 g/mol. The van der Waals surface area contributed by atoms with Gasteiger partial charge in [0.05, 0.1) is 5.60 Å². The number of aliphatic hydroxyl groups excluding tert-OH is 1. The van der Waals surface area contributed by atoms with Crippen molar-refractivity contribution in [2.75, 3.05) is 6.61 Å². The summed E-state index contributed by atoms with van der Waals surface area (Å²) in [6.45, 7) is 12.6. The van der Waals surface area contributed by atoms with Crippen LogP contribution in [0, 0.1) is 10.8 Å². The molecule has 0 bridgehead atoms. The molecule has 0 aromatic rings. The Kier molecular flexibility index (Phi) is 4.81. The van der Waals surface area contributed by atoms with E-state index in [-0.39, 0.29) is 17.4 Å². The molecule has 0 aromatic carbocycles. The molecule has 0 heterocycles. The highest BCUT2D eigenvalue weighted by Crippen LogP contribution is 2.49. The van der Waals surface area contributed by atoms with Gasteiger partial charge in [-0.05, 0) is 23.7 Å². The Morgan fingerprint density at radius 1 is 0.867 bits per heavy atom. The van der Waals surface area contributed by atoms with E-state index in [4.69, 9.17) is 5.11 Å². The largest absolute Gasteiger partial charge is 0.396 e. The maximum Gasteiger partial charge on any atom is 0.0770 e. The van der Waals surface area contributed by atoms with E-state index < -0.39 is 5.60 Å². The molecule has 0 radical (unpaired) electrons. The molecule has 0 aliphatic heterocycles. The van der Waals surface area contributed by atoms with E-state index in [1.807, 2.05) is 0 Å². The smallest absolute Gasteiger partial charge is 0.0770 e. The van der Waals surface area contributed by atoms with Crippen LogP contribution < -0.4 is 0 Å². The third-order valence-electron chi connectivity index (χ3n) is 4.48. The van der Waals surface area contributed by atoms with Crippen LogP contribution in [0.3, 0.4) is 0 Å². The maximum atomic E-state index is 10.9. The zero-order chi connectivity index (χ0) is 12.3. The standard InChI is InChI=1S/C13H28O2/c1-7-11(3,4)13(15,9-10-14)12(5,6)8-2/h14-15H,7-10H2,1-6H3. The van der Waals surface area contributed by atoms with Crippen LogP contribution in [0.25, 0.3) is 0 Å². The van der Waals surface area contributed by atoms with Crippen molar-refractivity contribution in [2.45, 2.75) is 66.4 Å². The summed E-state index contributed by atoms with van der Waals surface area (Å²) in [6, 6.07) is 0. The summed E-state index contributed by atoms with van der Waals surface area (Å²) in [5.74, 6) is 0. The van der Waals surface area contributed by atoms with Gasteiger partial charge < -0.3 is 10.2 Å². The van der Waals surface area contributed by atoms with Gasteiger partial charge in [0.15, 0.2) is 0 Å². The molecule has 92 valence electrons. The highest BCUT2D eigenvalue weighted by atomic mass is 16.3. The molecule has 2 nitrogen and oxygen atoms in total. The molecule has 2 N–H and O–H groups in total. The molecule has 0 aromatic heterocycles. The van der Waals surface area contributed by atoms with Crippen molar-refractivity contribution in [1.82, 2.24) is 0 Å². The number of hydrogen-bond donors (Lipinski definition) is 2. The lowest BCUT2D eigenvalue weighted by Gasteiger charge is -2.52. The van der Waals surface area contributed by atoms with E-state index in [2.05, 4.69) is 41.5 Å². The summed E-state index contributed by atoms with van der Waals surface area (Å²) in [7, 11) is 0. The van der Waals surface area contributed by atoms with E-state index in [0.717, 1.165) is 12.8 Å². The first kappa shape index (κ1) is 14.9. The molecular weight excluding hydrogens is 188 g/mol. The molecule has 0 aliphatic rings. The summed E-state index contributed by atoms with van der Waals surface area (Å²) >= 11 is 0. The molecule has 0 aliphatic carbocycles. The van der Waals surface area contributed by atoms with Crippen molar-refractivity contribution >= 4 is 0 Å². The summed E-state index contributed by atoms with van der Waals surface area (Å²) in [4.78, 5) is 0. The lowest BCUT2D eigenvalue weighted by atomic mass is 9.58. The quantitative estimate of drug-likeness (QED) is 0.716. The highest BCUT2D eigenvalue weighted by Gasteiger charge is 2.51. The number of hydrogen-bond acceptors (Lipinski definition) is 2. The van der Waals surface area contributed by atoms with Crippen LogP contribution in [-0.4, -0.2) is 22.4 Å². The van der Waals surface area contributed by atoms with Crippen molar-refractivity contribution in [3.8, 4) is 0 Å². The van der Waals surface area contributed by atoms with Gasteiger partial charge in [-0.3, -0.25) is 0 Å². The molecule has 0 saturated carbocycles. The predicted molar refractivity (Wildman–Crippen MR) is 64.8 cm³/mol. The van der Waals surface area contributed by atoms with Crippen LogP contribution in [0.5, 0.6) is 0 Å². The molecule has 2 heteroatoms. The minimum absolute atomic E-state index is 0.0450. The highest BCUT2D eigenvalue weighted by molar-refractivity contribution is 5.01. The Morgan fingerprint density at radius 2 is 1.20 bits per heavy atom. The van der Waals surface area contributed by atoms with Crippen molar-refractivity contribution in [1.29, 1.82) is 0 Å². The molecule has 0 unspecified atom stereocenters. The van der Waals surface area contributed by atoms with Gasteiger partial charge in [0.2, 0.25) is 0 Å². The second-order valence-corrected chi connectivity index (χ2v) is 5.81. The van der Waals surface area contributed by atoms with Crippen molar-refractivity contribution in [3.05, 3.63) is 0 Å². The van der Waals surface area contributed by atoms with Gasteiger partial charge in [-0.25, -0.2) is 0 Å². The minimum atomic E-state index is -0.807. The Labute approximate surface area is 94.7 Å². The molecule has 0 atom stereocenters. The Balaban J connectivity index is 5.23. The van der Waals surface area contributed by atoms with E-state index in [1.54, 1.807) is 0 Å². The third-order valence-corrected chi connectivity index (χ3v) is 4.48. The maximum absolute atomic E-state index is 10.9. The summed E-state index contributed by atoms with van der Waals surface area (Å²) < 4.78 is 0. The zero-order valence-electron chi connectivity index (χ0n) is 11.2. The summed E-state index contributed by atoms with van der Waals surface area (Å²) in [5, 5.41) is 20.1. The van der Waals surface area contributed by atoms with E-state index >= 15 is 0 Å². The van der Waals surface area contributed by atoms with Crippen molar-refractivity contribution in [2.24, 2.45) is 10.8 Å². The van der Waals surface area contributed by atoms with Gasteiger partial charge in [0.1, 0.15) is 0 Å². The van der Waals surface area contributed by atoms with Crippen LogP contribution in [0.1, 0.15) is 60.8 Å². The first-order chi connectivity index (χ1) is 6.68. The molecule has 0 saturated heterocycles. The van der Waals surface area contributed by atoms with Gasteiger partial charge in [-0.2, -0.15) is 0 Å². The van der Waals surface area contributed by atoms with Crippen molar-refractivity contribution < 1.29 is 10.2 Å². The Morgan fingerprint density at radius 3 is 1.40 bits per heavy atom. The zero-order valence-corrected chi connectivity index (χ0v) is 11.2. The number of rotatable bonds is 6. The van der Waals surface area contributed by atoms with Crippen molar-refractivity contribution in [3.63, 3.8) is 0 Å². The van der Waals surface area contributed by atoms with E-state index in [1.165, 1.54) is 0 Å². The second kappa shape index (κ2) is 4.84. The molecular formula is C13H28O2. The van der Waals surface area contributed by atoms with Crippen LogP contribution in [0.2, 0.25) is 0 Å². The summed E-state index contributed by atoms with van der Waals surface area (Å²) in [5.41, 5.74) is -1.15. The first-order valence-electron chi connectivity index (χ1n) is 6.01. The SMILES string of the molecule is CCC(C)(C)C(O)(CCO)C(C)(C)CC. The predicted octanol–water partition coefficient (Wildman–Crippen LogP) is 2.97. The number of aliphatic hydroxyl groups is 2. The normalized spacial score (nSPS) is 14.4. The summed E-state index contributed by atoms with van der Waals surface area (Å²) in [6.07, 6.45) is 2.27. The van der Waals surface area contributed by atoms with Crippen LogP contribution in [0.4, 0.5) is 0 Å². The molecule has 0 rings (SSSR count). The second-order valence-electron chi connectivity index (χ2n) is 5.81. The van der Waals surface area contributed by atoms with Gasteiger partial charge in [-0.15, -0.1) is 0 Å². The van der Waals surface area contributed by atoms with Crippen LogP contribution in [0.15, 0.2) is 0 Å². The lowest BCUT2D eigenvalue weighted by Crippen LogP contribution is -2.55. The average Bonchev–Trinajstić information content (AvgIpc) is 2.17. The van der Waals surface area contributed by atoms with Gasteiger partial charge >= 0.3 is 0 Å². The van der Waals surface area contributed by atoms with Gasteiger partial charge in [-0.1, -0.05) is 41.5 Å². The molecule has 0 fully saturated rings.